The molecule has 0 aliphatic rings. The summed E-state index contributed by atoms with van der Waals surface area (Å²) in [6.07, 6.45) is 0. The van der Waals surface area contributed by atoms with Crippen molar-refractivity contribution >= 4 is 29.2 Å². The molecular weight excluding hydrogens is 359 g/mol. The Balaban J connectivity index is 1.57. The van der Waals surface area contributed by atoms with Gasteiger partial charge in [0, 0.05) is 5.02 Å². The fourth-order valence-electron chi connectivity index (χ4n) is 2.24. The number of carbonyl (C=O) groups is 1. The molecule has 0 heterocycles. The average molecular weight is 373 g/mol. The van der Waals surface area contributed by atoms with E-state index in [1.54, 1.807) is 30.3 Å². The molecular formula is C20H14Cl2O3. The predicted octanol–water partition coefficient (Wildman–Crippen LogP) is 5.64. The molecule has 0 atom stereocenters. The Kier molecular flexibility index (Phi) is 5.59. The first kappa shape index (κ1) is 17.3. The minimum absolute atomic E-state index is 0.248. The van der Waals surface area contributed by atoms with Gasteiger partial charge in [0.1, 0.15) is 11.5 Å². The molecule has 0 amide bonds. The Labute approximate surface area is 155 Å². The molecule has 0 spiro atoms. The molecule has 25 heavy (non-hydrogen) atoms. The predicted molar refractivity (Wildman–Crippen MR) is 99.5 cm³/mol. The maximum atomic E-state index is 11.9. The van der Waals surface area contributed by atoms with Gasteiger partial charge in [-0.3, -0.25) is 0 Å². The van der Waals surface area contributed by atoms with E-state index in [1.807, 2.05) is 42.5 Å². The van der Waals surface area contributed by atoms with Crippen molar-refractivity contribution in [1.82, 2.24) is 0 Å². The monoisotopic (exact) mass is 372 g/mol. The highest BCUT2D eigenvalue weighted by Crippen LogP contribution is 2.27. The van der Waals surface area contributed by atoms with Gasteiger partial charge >= 0.3 is 5.97 Å². The number of halogens is 2. The van der Waals surface area contributed by atoms with E-state index in [1.165, 1.54) is 0 Å². The zero-order chi connectivity index (χ0) is 17.6. The minimum atomic E-state index is -0.515. The van der Waals surface area contributed by atoms with E-state index in [4.69, 9.17) is 32.7 Å². The molecule has 0 aliphatic heterocycles. The lowest BCUT2D eigenvalue weighted by Crippen LogP contribution is -2.17. The number of rotatable bonds is 5. The SMILES string of the molecule is O=C(COc1ccc(Cl)cc1Cl)Oc1ccc(-c2ccccc2)cc1. The van der Waals surface area contributed by atoms with Crippen LogP contribution >= 0.6 is 23.2 Å². The topological polar surface area (TPSA) is 35.5 Å². The van der Waals surface area contributed by atoms with Gasteiger partial charge in [-0.1, -0.05) is 65.7 Å². The van der Waals surface area contributed by atoms with Crippen LogP contribution in [-0.2, 0) is 4.79 Å². The van der Waals surface area contributed by atoms with Crippen molar-refractivity contribution in [2.75, 3.05) is 6.61 Å². The standard InChI is InChI=1S/C20H14Cl2O3/c21-16-8-11-19(18(22)12-16)24-13-20(23)25-17-9-6-15(7-10-17)14-4-2-1-3-5-14/h1-12H,13H2. The number of carbonyl (C=O) groups excluding carboxylic acids is 1. The largest absolute Gasteiger partial charge is 0.480 e. The Morgan fingerprint density at radius 3 is 2.20 bits per heavy atom. The highest BCUT2D eigenvalue weighted by molar-refractivity contribution is 6.35. The minimum Gasteiger partial charge on any atom is -0.480 e. The summed E-state index contributed by atoms with van der Waals surface area (Å²) in [4.78, 5) is 11.9. The van der Waals surface area contributed by atoms with Gasteiger partial charge in [-0.05, 0) is 41.5 Å². The molecule has 0 radical (unpaired) electrons. The Hall–Kier alpha value is -2.49. The second-order valence-corrected chi connectivity index (χ2v) is 6.07. The van der Waals surface area contributed by atoms with Crippen LogP contribution in [0.1, 0.15) is 0 Å². The first-order valence-electron chi connectivity index (χ1n) is 7.56. The molecule has 0 saturated heterocycles. The first-order chi connectivity index (χ1) is 12.1. The van der Waals surface area contributed by atoms with Crippen LogP contribution in [0, 0.1) is 0 Å². The van der Waals surface area contributed by atoms with Gasteiger partial charge in [-0.25, -0.2) is 4.79 Å². The quantitative estimate of drug-likeness (QED) is 0.429. The lowest BCUT2D eigenvalue weighted by Gasteiger charge is -2.09. The summed E-state index contributed by atoms with van der Waals surface area (Å²) < 4.78 is 10.6. The van der Waals surface area contributed by atoms with Crippen molar-refractivity contribution in [3.63, 3.8) is 0 Å². The molecule has 3 aromatic carbocycles. The highest BCUT2D eigenvalue weighted by Gasteiger charge is 2.09. The maximum absolute atomic E-state index is 11.9. The van der Waals surface area contributed by atoms with Crippen LogP contribution in [-0.4, -0.2) is 12.6 Å². The average Bonchev–Trinajstić information content (AvgIpc) is 2.62. The number of hydrogen-bond donors (Lipinski definition) is 0. The summed E-state index contributed by atoms with van der Waals surface area (Å²) in [6.45, 7) is -0.248. The smallest absolute Gasteiger partial charge is 0.349 e. The summed E-state index contributed by atoms with van der Waals surface area (Å²) in [5.74, 6) is 0.316. The molecule has 3 nitrogen and oxygen atoms in total. The van der Waals surface area contributed by atoms with Crippen LogP contribution in [0.25, 0.3) is 11.1 Å². The van der Waals surface area contributed by atoms with E-state index in [2.05, 4.69) is 0 Å². The summed E-state index contributed by atoms with van der Waals surface area (Å²) in [5, 5.41) is 0.839. The second kappa shape index (κ2) is 8.06. The van der Waals surface area contributed by atoms with Gasteiger partial charge in [0.05, 0.1) is 5.02 Å². The molecule has 5 heteroatoms. The molecule has 0 N–H and O–H groups in total. The molecule has 0 aliphatic carbocycles. The van der Waals surface area contributed by atoms with E-state index < -0.39 is 5.97 Å². The van der Waals surface area contributed by atoms with Crippen molar-refractivity contribution in [2.24, 2.45) is 0 Å². The lowest BCUT2D eigenvalue weighted by atomic mass is 10.1. The molecule has 3 rings (SSSR count). The third-order valence-electron chi connectivity index (χ3n) is 3.43. The van der Waals surface area contributed by atoms with Crippen LogP contribution < -0.4 is 9.47 Å². The summed E-state index contributed by atoms with van der Waals surface area (Å²) >= 11 is 11.8. The number of benzene rings is 3. The molecule has 0 unspecified atom stereocenters. The van der Waals surface area contributed by atoms with Gasteiger partial charge in [0.2, 0.25) is 0 Å². The van der Waals surface area contributed by atoms with Gasteiger partial charge in [-0.15, -0.1) is 0 Å². The highest BCUT2D eigenvalue weighted by atomic mass is 35.5. The molecule has 3 aromatic rings. The summed E-state index contributed by atoms with van der Waals surface area (Å²) in [7, 11) is 0. The Bertz CT molecular complexity index is 862. The maximum Gasteiger partial charge on any atom is 0.349 e. The van der Waals surface area contributed by atoms with Gasteiger partial charge < -0.3 is 9.47 Å². The van der Waals surface area contributed by atoms with Crippen molar-refractivity contribution in [1.29, 1.82) is 0 Å². The van der Waals surface area contributed by atoms with Crippen LogP contribution in [0.4, 0.5) is 0 Å². The van der Waals surface area contributed by atoms with Gasteiger partial charge in [0.15, 0.2) is 6.61 Å². The van der Waals surface area contributed by atoms with Crippen molar-refractivity contribution < 1.29 is 14.3 Å². The fraction of sp³-hybridized carbons (Fsp3) is 0.0500. The van der Waals surface area contributed by atoms with E-state index in [-0.39, 0.29) is 6.61 Å². The normalized spacial score (nSPS) is 10.3. The van der Waals surface area contributed by atoms with Crippen LogP contribution in [0.2, 0.25) is 10.0 Å². The zero-order valence-electron chi connectivity index (χ0n) is 13.1. The number of ether oxygens (including phenoxy) is 2. The number of hydrogen-bond acceptors (Lipinski definition) is 3. The Morgan fingerprint density at radius 2 is 1.52 bits per heavy atom. The zero-order valence-corrected chi connectivity index (χ0v) is 14.6. The molecule has 0 bridgehead atoms. The van der Waals surface area contributed by atoms with E-state index in [0.717, 1.165) is 11.1 Å². The van der Waals surface area contributed by atoms with E-state index >= 15 is 0 Å². The summed E-state index contributed by atoms with van der Waals surface area (Å²) in [6, 6.07) is 22.0. The van der Waals surface area contributed by atoms with E-state index in [0.29, 0.717) is 21.5 Å². The van der Waals surface area contributed by atoms with Gasteiger partial charge in [-0.2, -0.15) is 0 Å². The number of esters is 1. The van der Waals surface area contributed by atoms with Crippen molar-refractivity contribution in [3.05, 3.63) is 82.8 Å². The van der Waals surface area contributed by atoms with Crippen LogP contribution in [0.15, 0.2) is 72.8 Å². The third-order valence-corrected chi connectivity index (χ3v) is 3.96. The fourth-order valence-corrected chi connectivity index (χ4v) is 2.70. The first-order valence-corrected chi connectivity index (χ1v) is 8.31. The molecule has 0 aromatic heterocycles. The van der Waals surface area contributed by atoms with Gasteiger partial charge in [0.25, 0.3) is 0 Å². The van der Waals surface area contributed by atoms with Crippen LogP contribution in [0.5, 0.6) is 11.5 Å². The Morgan fingerprint density at radius 1 is 0.840 bits per heavy atom. The van der Waals surface area contributed by atoms with Crippen molar-refractivity contribution in [3.8, 4) is 22.6 Å². The summed E-state index contributed by atoms with van der Waals surface area (Å²) in [5.41, 5.74) is 2.14. The van der Waals surface area contributed by atoms with Crippen LogP contribution in [0.3, 0.4) is 0 Å². The molecule has 0 fully saturated rings. The third kappa shape index (κ3) is 4.75. The van der Waals surface area contributed by atoms with Crippen molar-refractivity contribution in [2.45, 2.75) is 0 Å². The molecule has 126 valence electrons. The second-order valence-electron chi connectivity index (χ2n) is 5.23. The molecule has 0 saturated carbocycles. The van der Waals surface area contributed by atoms with E-state index in [9.17, 15) is 4.79 Å². The lowest BCUT2D eigenvalue weighted by molar-refractivity contribution is -0.136.